The van der Waals surface area contributed by atoms with Crippen LogP contribution < -0.4 is 10.6 Å². The molecule has 198 valence electrons. The number of carbonyl (C=O) groups is 4. The average molecular weight is 493 g/mol. The average Bonchev–Trinajstić information content (AvgIpc) is 3.52. The van der Waals surface area contributed by atoms with E-state index in [2.05, 4.69) is 10.6 Å². The molecule has 1 aliphatic carbocycles. The summed E-state index contributed by atoms with van der Waals surface area (Å²) in [5.74, 6) is -0.683. The summed E-state index contributed by atoms with van der Waals surface area (Å²) in [5, 5.41) is 5.84. The molecule has 1 rings (SSSR count). The van der Waals surface area contributed by atoms with Gasteiger partial charge < -0.3 is 20.1 Å². The number of hydrogen-bond acceptors (Lipinski definition) is 6. The topological polar surface area (TPSA) is 111 Å². The van der Waals surface area contributed by atoms with Crippen molar-refractivity contribution in [1.82, 2.24) is 10.6 Å². The summed E-state index contributed by atoms with van der Waals surface area (Å²) in [4.78, 5) is 45.3. The normalized spacial score (nSPS) is 16.9. The van der Waals surface area contributed by atoms with Gasteiger partial charge in [0.25, 0.3) is 0 Å². The van der Waals surface area contributed by atoms with Crippen molar-refractivity contribution < 1.29 is 28.7 Å². The molecular weight excluding hydrogens is 448 g/mol. The van der Waals surface area contributed by atoms with Gasteiger partial charge >= 0.3 is 11.9 Å². The molecule has 8 heteroatoms. The van der Waals surface area contributed by atoms with Crippen molar-refractivity contribution in [2.75, 3.05) is 13.2 Å². The van der Waals surface area contributed by atoms with Gasteiger partial charge in [-0.2, -0.15) is 0 Å². The number of ether oxygens (including phenoxy) is 2. The fourth-order valence-electron chi connectivity index (χ4n) is 3.58. The molecule has 0 aromatic rings. The molecule has 2 amide bonds. The lowest BCUT2D eigenvalue weighted by Crippen LogP contribution is -2.33. The second-order valence-corrected chi connectivity index (χ2v) is 9.06. The predicted molar refractivity (Wildman–Crippen MR) is 135 cm³/mol. The van der Waals surface area contributed by atoms with Gasteiger partial charge in [0.05, 0.1) is 25.3 Å². The summed E-state index contributed by atoms with van der Waals surface area (Å²) in [6, 6.07) is 0.0161. The van der Waals surface area contributed by atoms with Crippen LogP contribution in [-0.4, -0.2) is 49.1 Å². The zero-order valence-corrected chi connectivity index (χ0v) is 21.5. The van der Waals surface area contributed by atoms with E-state index in [9.17, 15) is 19.2 Å². The Balaban J connectivity index is 1.95. The van der Waals surface area contributed by atoms with E-state index in [0.29, 0.717) is 13.2 Å². The van der Waals surface area contributed by atoms with Gasteiger partial charge in [-0.25, -0.2) is 0 Å². The number of unbranched alkanes of at least 4 members (excludes halogenated alkanes) is 10. The van der Waals surface area contributed by atoms with E-state index >= 15 is 0 Å². The van der Waals surface area contributed by atoms with Crippen molar-refractivity contribution >= 4 is 23.8 Å². The maximum Gasteiger partial charge on any atom is 0.302 e. The highest BCUT2D eigenvalue weighted by Gasteiger charge is 2.38. The first-order valence-corrected chi connectivity index (χ1v) is 13.1. The van der Waals surface area contributed by atoms with Crippen molar-refractivity contribution in [3.8, 4) is 0 Å². The molecule has 0 unspecified atom stereocenters. The number of allylic oxidation sites excluding steroid dienone is 2. The van der Waals surface area contributed by atoms with Gasteiger partial charge in [0.2, 0.25) is 11.8 Å². The lowest BCUT2D eigenvalue weighted by Gasteiger charge is -2.03. The third kappa shape index (κ3) is 19.4. The maximum absolute atomic E-state index is 12.0. The lowest BCUT2D eigenvalue weighted by molar-refractivity contribution is -0.142. The molecule has 0 bridgehead atoms. The Hall–Kier alpha value is -2.64. The van der Waals surface area contributed by atoms with Crippen LogP contribution >= 0.6 is 0 Å². The van der Waals surface area contributed by atoms with Crippen LogP contribution in [0.25, 0.3) is 0 Å². The Bertz CT molecular complexity index is 646. The van der Waals surface area contributed by atoms with Crippen LogP contribution in [-0.2, 0) is 28.7 Å². The highest BCUT2D eigenvalue weighted by molar-refractivity contribution is 5.89. The van der Waals surface area contributed by atoms with Gasteiger partial charge in [-0.3, -0.25) is 19.2 Å². The third-order valence-corrected chi connectivity index (χ3v) is 5.63. The highest BCUT2D eigenvalue weighted by atomic mass is 16.5. The molecular formula is C27H44N2O6. The number of carbonyl (C=O) groups excluding carboxylic acids is 4. The summed E-state index contributed by atoms with van der Waals surface area (Å²) in [7, 11) is 0. The Morgan fingerprint density at radius 2 is 1.00 bits per heavy atom. The Kier molecular flexibility index (Phi) is 17.1. The smallest absolute Gasteiger partial charge is 0.302 e. The molecule has 8 nitrogen and oxygen atoms in total. The maximum atomic E-state index is 12.0. The van der Waals surface area contributed by atoms with E-state index in [-0.39, 0.29) is 35.8 Å². The Morgan fingerprint density at radius 3 is 1.40 bits per heavy atom. The Morgan fingerprint density at radius 1 is 0.629 bits per heavy atom. The van der Waals surface area contributed by atoms with Gasteiger partial charge in [-0.1, -0.05) is 50.7 Å². The lowest BCUT2D eigenvalue weighted by atomic mass is 10.1. The molecule has 35 heavy (non-hydrogen) atoms. The van der Waals surface area contributed by atoms with Gasteiger partial charge in [0.1, 0.15) is 0 Å². The first kappa shape index (κ1) is 30.4. The molecule has 0 radical (unpaired) electrons. The molecule has 2 N–H and O–H groups in total. The van der Waals surface area contributed by atoms with Crippen LogP contribution in [0.2, 0.25) is 0 Å². The summed E-state index contributed by atoms with van der Waals surface area (Å²) in [6.45, 7) is 3.84. The molecule has 0 aromatic heterocycles. The van der Waals surface area contributed by atoms with E-state index in [1.807, 2.05) is 12.2 Å². The SMILES string of the molecule is CC(=O)OCCCCCCC/C=C/C(=O)N[C@H]1C[C@H]1NC(=O)/C=C/CCCCCCCOC(C)=O. The first-order valence-electron chi connectivity index (χ1n) is 13.1. The van der Waals surface area contributed by atoms with Crippen molar-refractivity contribution in [2.45, 2.75) is 109 Å². The van der Waals surface area contributed by atoms with Crippen molar-refractivity contribution in [1.29, 1.82) is 0 Å². The monoisotopic (exact) mass is 492 g/mol. The molecule has 2 atom stereocenters. The van der Waals surface area contributed by atoms with Gasteiger partial charge in [0, 0.05) is 13.8 Å². The Labute approximate surface area is 210 Å². The van der Waals surface area contributed by atoms with Crippen LogP contribution in [0.15, 0.2) is 24.3 Å². The number of esters is 2. The summed E-state index contributed by atoms with van der Waals surface area (Å²) >= 11 is 0. The fourth-order valence-corrected chi connectivity index (χ4v) is 3.58. The van der Waals surface area contributed by atoms with Crippen molar-refractivity contribution in [3.63, 3.8) is 0 Å². The van der Waals surface area contributed by atoms with Crippen molar-refractivity contribution in [3.05, 3.63) is 24.3 Å². The van der Waals surface area contributed by atoms with E-state index in [0.717, 1.165) is 83.5 Å². The minimum absolute atomic E-state index is 0.00806. The van der Waals surface area contributed by atoms with Crippen LogP contribution in [0.4, 0.5) is 0 Å². The number of rotatable bonds is 20. The van der Waals surface area contributed by atoms with Crippen molar-refractivity contribution in [2.24, 2.45) is 0 Å². The van der Waals surface area contributed by atoms with Gasteiger partial charge in [-0.05, 0) is 57.1 Å². The predicted octanol–water partition coefficient (Wildman–Crippen LogP) is 4.28. The number of nitrogens with one attached hydrogen (secondary N) is 2. The van der Waals surface area contributed by atoms with Crippen LogP contribution in [0.1, 0.15) is 97.3 Å². The second kappa shape index (κ2) is 19.6. The summed E-state index contributed by atoms with van der Waals surface area (Å²) < 4.78 is 9.79. The summed E-state index contributed by atoms with van der Waals surface area (Å²) in [5.41, 5.74) is 0. The fraction of sp³-hybridized carbons (Fsp3) is 0.704. The van der Waals surface area contributed by atoms with E-state index in [1.165, 1.54) is 13.8 Å². The number of amides is 2. The van der Waals surface area contributed by atoms with Gasteiger partial charge in [-0.15, -0.1) is 0 Å². The van der Waals surface area contributed by atoms with Crippen LogP contribution in [0.3, 0.4) is 0 Å². The quantitative estimate of drug-likeness (QED) is 0.149. The molecule has 0 heterocycles. The van der Waals surface area contributed by atoms with Crippen LogP contribution in [0, 0.1) is 0 Å². The molecule has 0 saturated heterocycles. The van der Waals surface area contributed by atoms with E-state index < -0.39 is 0 Å². The first-order chi connectivity index (χ1) is 16.9. The zero-order valence-electron chi connectivity index (χ0n) is 21.5. The minimum Gasteiger partial charge on any atom is -0.466 e. The van der Waals surface area contributed by atoms with Gasteiger partial charge in [0.15, 0.2) is 0 Å². The molecule has 0 spiro atoms. The highest BCUT2D eigenvalue weighted by Crippen LogP contribution is 2.21. The van der Waals surface area contributed by atoms with Crippen LogP contribution in [0.5, 0.6) is 0 Å². The summed E-state index contributed by atoms with van der Waals surface area (Å²) in [6.07, 6.45) is 19.7. The zero-order chi connectivity index (χ0) is 25.7. The third-order valence-electron chi connectivity index (χ3n) is 5.63. The largest absolute Gasteiger partial charge is 0.466 e. The molecule has 1 saturated carbocycles. The standard InChI is InChI=1S/C27H44N2O6/c1-22(30)34-19-15-11-7-3-5-9-13-17-26(32)28-24-21-25(24)29-27(33)18-14-10-6-4-8-12-16-20-35-23(2)31/h13-14,17-18,24-25H,3-12,15-16,19-21H2,1-2H3,(H,28,32)(H,29,33)/b17-13+,18-14+/t24-,25+. The second-order valence-electron chi connectivity index (χ2n) is 9.06. The molecule has 0 aromatic carbocycles. The molecule has 1 fully saturated rings. The van der Waals surface area contributed by atoms with E-state index in [4.69, 9.17) is 9.47 Å². The molecule has 1 aliphatic rings. The molecule has 0 aliphatic heterocycles. The minimum atomic E-state index is -0.227. The number of hydrogen-bond donors (Lipinski definition) is 2. The van der Waals surface area contributed by atoms with E-state index in [1.54, 1.807) is 12.2 Å².